The van der Waals surface area contributed by atoms with Crippen LogP contribution in [0.2, 0.25) is 0 Å². The first-order valence-corrected chi connectivity index (χ1v) is 8.22. The number of benzene rings is 2. The Morgan fingerprint density at radius 2 is 1.58 bits per heavy atom. The molecule has 1 aliphatic rings. The zero-order valence-corrected chi connectivity index (χ0v) is 13.5. The summed E-state index contributed by atoms with van der Waals surface area (Å²) in [6.07, 6.45) is 1.87. The van der Waals surface area contributed by atoms with E-state index in [1.165, 1.54) is 11.1 Å². The molecule has 0 spiro atoms. The van der Waals surface area contributed by atoms with E-state index in [4.69, 9.17) is 4.74 Å². The Morgan fingerprint density at radius 3 is 2.29 bits per heavy atom. The quantitative estimate of drug-likeness (QED) is 0.725. The van der Waals surface area contributed by atoms with Crippen molar-refractivity contribution in [2.45, 2.75) is 19.3 Å². The summed E-state index contributed by atoms with van der Waals surface area (Å²) < 4.78 is 7.77. The first kappa shape index (κ1) is 15.1. The lowest BCUT2D eigenvalue weighted by atomic mass is 10.2. The first-order chi connectivity index (χ1) is 11.9. The van der Waals surface area contributed by atoms with Crippen LogP contribution in [0.3, 0.4) is 0 Å². The van der Waals surface area contributed by atoms with E-state index >= 15 is 0 Å². The van der Waals surface area contributed by atoms with Gasteiger partial charge in [0.1, 0.15) is 5.69 Å². The molecule has 1 fully saturated rings. The van der Waals surface area contributed by atoms with Crippen molar-refractivity contribution >= 4 is 0 Å². The standard InChI is InChI=1S/C19H20N4O/c1-3-7-16(8-4-1)13-22-11-12-24-19(22)18-15-23(21-20-18)14-17-9-5-2-6-10-17/h1-10,15,19H,11-14H2/t19-/m0/s1. The molecular formula is C19H20N4O. The molecule has 5 nitrogen and oxygen atoms in total. The fourth-order valence-corrected chi connectivity index (χ4v) is 3.03. The third-order valence-electron chi connectivity index (χ3n) is 4.21. The van der Waals surface area contributed by atoms with Crippen molar-refractivity contribution in [3.63, 3.8) is 0 Å². The van der Waals surface area contributed by atoms with Crippen LogP contribution in [0.15, 0.2) is 66.9 Å². The van der Waals surface area contributed by atoms with Gasteiger partial charge in [0.25, 0.3) is 0 Å². The second-order valence-corrected chi connectivity index (χ2v) is 6.01. The van der Waals surface area contributed by atoms with E-state index in [1.54, 1.807) is 0 Å². The fourth-order valence-electron chi connectivity index (χ4n) is 3.03. The molecule has 0 aliphatic carbocycles. The van der Waals surface area contributed by atoms with Gasteiger partial charge in [-0.25, -0.2) is 4.68 Å². The predicted octanol–water partition coefficient (Wildman–Crippen LogP) is 2.86. The van der Waals surface area contributed by atoms with Gasteiger partial charge >= 0.3 is 0 Å². The Kier molecular flexibility index (Phi) is 4.36. The predicted molar refractivity (Wildman–Crippen MR) is 91.1 cm³/mol. The monoisotopic (exact) mass is 320 g/mol. The Balaban J connectivity index is 1.47. The van der Waals surface area contributed by atoms with Crippen LogP contribution in [0.5, 0.6) is 0 Å². The number of hydrogen-bond acceptors (Lipinski definition) is 4. The van der Waals surface area contributed by atoms with Crippen molar-refractivity contribution in [2.24, 2.45) is 0 Å². The summed E-state index contributed by atoms with van der Waals surface area (Å²) in [6, 6.07) is 20.7. The summed E-state index contributed by atoms with van der Waals surface area (Å²) in [4.78, 5) is 2.30. The number of rotatable bonds is 5. The van der Waals surface area contributed by atoms with Crippen LogP contribution in [-0.2, 0) is 17.8 Å². The van der Waals surface area contributed by atoms with Gasteiger partial charge < -0.3 is 4.74 Å². The van der Waals surface area contributed by atoms with Crippen LogP contribution in [0.4, 0.5) is 0 Å². The minimum Gasteiger partial charge on any atom is -0.356 e. The molecule has 1 atom stereocenters. The Hall–Kier alpha value is -2.50. The lowest BCUT2D eigenvalue weighted by Crippen LogP contribution is -2.23. The molecule has 1 aromatic heterocycles. The highest BCUT2D eigenvalue weighted by Crippen LogP contribution is 2.26. The minimum atomic E-state index is -0.116. The Bertz CT molecular complexity index is 772. The molecule has 1 aliphatic heterocycles. The summed E-state index contributed by atoms with van der Waals surface area (Å²) in [5.41, 5.74) is 3.37. The average molecular weight is 320 g/mol. The number of nitrogens with zero attached hydrogens (tertiary/aromatic N) is 4. The molecule has 2 aromatic carbocycles. The molecule has 0 radical (unpaired) electrons. The maximum Gasteiger partial charge on any atom is 0.157 e. The van der Waals surface area contributed by atoms with Crippen LogP contribution >= 0.6 is 0 Å². The summed E-state index contributed by atoms with van der Waals surface area (Å²) in [6.45, 7) is 3.21. The zero-order chi connectivity index (χ0) is 16.2. The minimum absolute atomic E-state index is 0.116. The number of aromatic nitrogens is 3. The first-order valence-electron chi connectivity index (χ1n) is 8.22. The summed E-state index contributed by atoms with van der Waals surface area (Å²) in [7, 11) is 0. The molecule has 122 valence electrons. The highest BCUT2D eigenvalue weighted by molar-refractivity contribution is 5.16. The van der Waals surface area contributed by atoms with Gasteiger partial charge in [-0.15, -0.1) is 5.10 Å². The van der Waals surface area contributed by atoms with E-state index in [0.717, 1.165) is 31.9 Å². The van der Waals surface area contributed by atoms with Crippen LogP contribution in [0, 0.1) is 0 Å². The van der Waals surface area contributed by atoms with Gasteiger partial charge in [-0.1, -0.05) is 65.9 Å². The fraction of sp³-hybridized carbons (Fsp3) is 0.263. The van der Waals surface area contributed by atoms with Gasteiger partial charge in [0.2, 0.25) is 0 Å². The van der Waals surface area contributed by atoms with Crippen molar-refractivity contribution in [3.05, 3.63) is 83.7 Å². The molecule has 0 saturated carbocycles. The smallest absolute Gasteiger partial charge is 0.157 e. The van der Waals surface area contributed by atoms with Gasteiger partial charge in [-0.2, -0.15) is 0 Å². The van der Waals surface area contributed by atoms with Crippen LogP contribution in [0.1, 0.15) is 23.0 Å². The highest BCUT2D eigenvalue weighted by Gasteiger charge is 2.29. The van der Waals surface area contributed by atoms with Crippen molar-refractivity contribution in [2.75, 3.05) is 13.2 Å². The second-order valence-electron chi connectivity index (χ2n) is 6.01. The Morgan fingerprint density at radius 1 is 0.917 bits per heavy atom. The molecular weight excluding hydrogens is 300 g/mol. The Labute approximate surface area is 141 Å². The van der Waals surface area contributed by atoms with Gasteiger partial charge in [0.05, 0.1) is 19.3 Å². The number of ether oxygens (including phenoxy) is 1. The summed E-state index contributed by atoms with van der Waals surface area (Å²) >= 11 is 0. The van der Waals surface area contributed by atoms with Gasteiger partial charge in [0, 0.05) is 13.1 Å². The van der Waals surface area contributed by atoms with Crippen LogP contribution in [0.25, 0.3) is 0 Å². The van der Waals surface area contributed by atoms with E-state index < -0.39 is 0 Å². The van der Waals surface area contributed by atoms with Crippen molar-refractivity contribution in [3.8, 4) is 0 Å². The molecule has 24 heavy (non-hydrogen) atoms. The van der Waals surface area contributed by atoms with Crippen molar-refractivity contribution < 1.29 is 4.74 Å². The van der Waals surface area contributed by atoms with Crippen LogP contribution < -0.4 is 0 Å². The van der Waals surface area contributed by atoms with Gasteiger partial charge in [-0.05, 0) is 11.1 Å². The largest absolute Gasteiger partial charge is 0.356 e. The van der Waals surface area contributed by atoms with Gasteiger partial charge in [-0.3, -0.25) is 4.90 Å². The van der Waals surface area contributed by atoms with E-state index in [2.05, 4.69) is 51.6 Å². The maximum atomic E-state index is 5.90. The van der Waals surface area contributed by atoms with Crippen molar-refractivity contribution in [1.82, 2.24) is 19.9 Å². The molecule has 0 N–H and O–H groups in total. The molecule has 0 bridgehead atoms. The third-order valence-corrected chi connectivity index (χ3v) is 4.21. The SMILES string of the molecule is c1ccc(CN2CCO[C@H]2c2cn(Cc3ccccc3)nn2)cc1. The molecule has 5 heteroatoms. The zero-order valence-electron chi connectivity index (χ0n) is 13.5. The van der Waals surface area contributed by atoms with Crippen molar-refractivity contribution in [1.29, 1.82) is 0 Å². The lowest BCUT2D eigenvalue weighted by molar-refractivity contribution is 0.0252. The lowest BCUT2D eigenvalue weighted by Gasteiger charge is -2.20. The van der Waals surface area contributed by atoms with E-state index in [-0.39, 0.29) is 6.23 Å². The average Bonchev–Trinajstić information content (AvgIpc) is 3.26. The maximum absolute atomic E-state index is 5.90. The van der Waals surface area contributed by atoms with Crippen LogP contribution in [-0.4, -0.2) is 33.0 Å². The molecule has 0 amide bonds. The molecule has 1 saturated heterocycles. The number of hydrogen-bond donors (Lipinski definition) is 0. The molecule has 4 rings (SSSR count). The van der Waals surface area contributed by atoms with E-state index in [0.29, 0.717) is 0 Å². The summed E-state index contributed by atoms with van der Waals surface area (Å²) in [5, 5.41) is 8.59. The van der Waals surface area contributed by atoms with Gasteiger partial charge in [0.15, 0.2) is 6.23 Å². The molecule has 3 aromatic rings. The third kappa shape index (κ3) is 3.37. The van der Waals surface area contributed by atoms with E-state index in [9.17, 15) is 0 Å². The normalized spacial score (nSPS) is 18.1. The summed E-state index contributed by atoms with van der Waals surface area (Å²) in [5.74, 6) is 0. The molecule has 0 unspecified atom stereocenters. The topological polar surface area (TPSA) is 43.2 Å². The second kappa shape index (κ2) is 6.95. The molecule has 2 heterocycles. The highest BCUT2D eigenvalue weighted by atomic mass is 16.5. The van der Waals surface area contributed by atoms with E-state index in [1.807, 2.05) is 35.1 Å².